The summed E-state index contributed by atoms with van der Waals surface area (Å²) in [5.41, 5.74) is -0.488. The van der Waals surface area contributed by atoms with Crippen molar-refractivity contribution in [2.45, 2.75) is 25.2 Å². The van der Waals surface area contributed by atoms with Crippen molar-refractivity contribution in [2.24, 2.45) is 11.8 Å². The van der Waals surface area contributed by atoms with Crippen LogP contribution in [0.1, 0.15) is 20.3 Å². The molecule has 0 aliphatic carbocycles. The molecule has 11 heteroatoms. The number of likely N-dealkylation sites (tertiary alicyclic amines) is 1. The van der Waals surface area contributed by atoms with Crippen molar-refractivity contribution in [3.05, 3.63) is 28.3 Å². The van der Waals surface area contributed by atoms with Gasteiger partial charge in [-0.05, 0) is 30.4 Å². The van der Waals surface area contributed by atoms with Gasteiger partial charge in [0.1, 0.15) is 0 Å². The minimum Gasteiger partial charge on any atom is -0.477 e. The number of carbonyl (C=O) groups is 1. The number of benzene rings is 1. The first-order chi connectivity index (χ1) is 14.2. The molecule has 1 aromatic rings. The van der Waals surface area contributed by atoms with Crippen molar-refractivity contribution in [3.8, 4) is 5.75 Å². The van der Waals surface area contributed by atoms with E-state index in [1.165, 1.54) is 16.4 Å². The van der Waals surface area contributed by atoms with Crippen LogP contribution in [0.3, 0.4) is 0 Å². The van der Waals surface area contributed by atoms with E-state index in [-0.39, 0.29) is 49.5 Å². The number of amides is 1. The van der Waals surface area contributed by atoms with Crippen LogP contribution in [0.4, 0.5) is 5.69 Å². The molecular weight excluding hydrogens is 414 g/mol. The normalized spacial score (nSPS) is 23.2. The van der Waals surface area contributed by atoms with Crippen LogP contribution in [0, 0.1) is 22.0 Å². The highest BCUT2D eigenvalue weighted by Crippen LogP contribution is 2.31. The highest BCUT2D eigenvalue weighted by molar-refractivity contribution is 7.89. The Labute approximate surface area is 175 Å². The fourth-order valence-corrected chi connectivity index (χ4v) is 5.38. The highest BCUT2D eigenvalue weighted by atomic mass is 32.2. The van der Waals surface area contributed by atoms with Gasteiger partial charge in [-0.3, -0.25) is 14.9 Å². The van der Waals surface area contributed by atoms with E-state index >= 15 is 0 Å². The first-order valence-electron chi connectivity index (χ1n) is 9.95. The van der Waals surface area contributed by atoms with Crippen LogP contribution in [-0.4, -0.2) is 74.5 Å². The van der Waals surface area contributed by atoms with Gasteiger partial charge >= 0.3 is 5.69 Å². The number of rotatable bonds is 6. The monoisotopic (exact) mass is 441 g/mol. The smallest absolute Gasteiger partial charge is 0.312 e. The van der Waals surface area contributed by atoms with Crippen LogP contribution in [0.15, 0.2) is 23.1 Å². The third-order valence-corrected chi connectivity index (χ3v) is 7.20. The zero-order chi connectivity index (χ0) is 21.9. The second-order valence-corrected chi connectivity index (χ2v) is 9.87. The topological polar surface area (TPSA) is 119 Å². The standard InChI is InChI=1S/C19H27N3O7S/c1-14-9-15(2)12-20(11-14)19(23)13-29-18-4-3-16(10-17(18)22(24)25)30(26,27)21-5-7-28-8-6-21/h3-4,10,14-15H,5-9,11-13H2,1-2H3. The minimum atomic E-state index is -3.88. The maximum atomic E-state index is 12.8. The number of morpholine rings is 1. The summed E-state index contributed by atoms with van der Waals surface area (Å²) < 4.78 is 37.3. The van der Waals surface area contributed by atoms with E-state index in [4.69, 9.17) is 9.47 Å². The predicted molar refractivity (Wildman–Crippen MR) is 108 cm³/mol. The van der Waals surface area contributed by atoms with Gasteiger partial charge in [0.25, 0.3) is 5.91 Å². The molecule has 0 N–H and O–H groups in total. The summed E-state index contributed by atoms with van der Waals surface area (Å²) >= 11 is 0. The molecular formula is C19H27N3O7S. The third kappa shape index (κ3) is 5.08. The number of hydrogen-bond donors (Lipinski definition) is 0. The van der Waals surface area contributed by atoms with Crippen molar-refractivity contribution in [1.29, 1.82) is 0 Å². The van der Waals surface area contributed by atoms with E-state index in [2.05, 4.69) is 13.8 Å². The average molecular weight is 442 g/mol. The first kappa shape index (κ1) is 22.4. The van der Waals surface area contributed by atoms with Gasteiger partial charge in [0, 0.05) is 32.2 Å². The predicted octanol–water partition coefficient (Wildman–Crippen LogP) is 1.50. The summed E-state index contributed by atoms with van der Waals surface area (Å²) in [4.78, 5) is 24.8. The first-order valence-corrected chi connectivity index (χ1v) is 11.4. The molecule has 3 rings (SSSR count). The summed E-state index contributed by atoms with van der Waals surface area (Å²) in [5.74, 6) is 0.397. The third-order valence-electron chi connectivity index (χ3n) is 5.31. The maximum absolute atomic E-state index is 12.8. The van der Waals surface area contributed by atoms with Crippen LogP contribution in [0.25, 0.3) is 0 Å². The molecule has 2 saturated heterocycles. The molecule has 2 aliphatic rings. The van der Waals surface area contributed by atoms with Crippen molar-refractivity contribution in [3.63, 3.8) is 0 Å². The maximum Gasteiger partial charge on any atom is 0.312 e. The number of ether oxygens (including phenoxy) is 2. The molecule has 0 radical (unpaired) electrons. The Bertz CT molecular complexity index is 889. The molecule has 2 heterocycles. The molecule has 0 aromatic heterocycles. The van der Waals surface area contributed by atoms with Crippen LogP contribution in [0.2, 0.25) is 0 Å². The number of nitro benzene ring substituents is 1. The molecule has 0 saturated carbocycles. The Kier molecular flexibility index (Phi) is 6.94. The largest absolute Gasteiger partial charge is 0.477 e. The van der Waals surface area contributed by atoms with Crippen LogP contribution in [0.5, 0.6) is 5.75 Å². The lowest BCUT2D eigenvalue weighted by Gasteiger charge is -2.34. The van der Waals surface area contributed by atoms with Gasteiger partial charge < -0.3 is 14.4 Å². The van der Waals surface area contributed by atoms with Gasteiger partial charge in [-0.1, -0.05) is 13.8 Å². The molecule has 2 aliphatic heterocycles. The molecule has 0 bridgehead atoms. The van der Waals surface area contributed by atoms with Crippen LogP contribution >= 0.6 is 0 Å². The number of sulfonamides is 1. The van der Waals surface area contributed by atoms with Gasteiger partial charge in [0.2, 0.25) is 10.0 Å². The summed E-state index contributed by atoms with van der Waals surface area (Å²) in [5, 5.41) is 11.5. The molecule has 2 atom stereocenters. The van der Waals surface area contributed by atoms with Crippen molar-refractivity contribution < 1.29 is 27.6 Å². The van der Waals surface area contributed by atoms with E-state index in [9.17, 15) is 23.3 Å². The van der Waals surface area contributed by atoms with E-state index < -0.39 is 20.6 Å². The molecule has 2 fully saturated rings. The van der Waals surface area contributed by atoms with E-state index in [1.807, 2.05) is 0 Å². The van der Waals surface area contributed by atoms with Crippen molar-refractivity contribution >= 4 is 21.6 Å². The lowest BCUT2D eigenvalue weighted by molar-refractivity contribution is -0.386. The Hall–Kier alpha value is -2.24. The lowest BCUT2D eigenvalue weighted by Crippen LogP contribution is -2.44. The lowest BCUT2D eigenvalue weighted by atomic mass is 9.92. The van der Waals surface area contributed by atoms with E-state index in [0.717, 1.165) is 12.5 Å². The van der Waals surface area contributed by atoms with Crippen LogP contribution < -0.4 is 4.74 Å². The van der Waals surface area contributed by atoms with Gasteiger partial charge in [0.15, 0.2) is 12.4 Å². The summed E-state index contributed by atoms with van der Waals surface area (Å²) in [7, 11) is -3.88. The second kappa shape index (κ2) is 9.27. The molecule has 10 nitrogen and oxygen atoms in total. The van der Waals surface area contributed by atoms with Gasteiger partial charge in [-0.15, -0.1) is 0 Å². The number of nitrogens with zero attached hydrogens (tertiary/aromatic N) is 3. The molecule has 30 heavy (non-hydrogen) atoms. The van der Waals surface area contributed by atoms with Crippen molar-refractivity contribution in [1.82, 2.24) is 9.21 Å². The molecule has 0 spiro atoms. The van der Waals surface area contributed by atoms with Gasteiger partial charge in [-0.2, -0.15) is 4.31 Å². The van der Waals surface area contributed by atoms with Crippen molar-refractivity contribution in [2.75, 3.05) is 46.0 Å². The SMILES string of the molecule is CC1CC(C)CN(C(=O)COc2ccc(S(=O)(=O)N3CCOCC3)cc2[N+](=O)[O-])C1. The van der Waals surface area contributed by atoms with E-state index in [0.29, 0.717) is 24.9 Å². The zero-order valence-corrected chi connectivity index (χ0v) is 18.0. The molecule has 2 unspecified atom stereocenters. The molecule has 166 valence electrons. The Morgan fingerprint density at radius 1 is 1.23 bits per heavy atom. The average Bonchev–Trinajstić information content (AvgIpc) is 2.71. The quantitative estimate of drug-likeness (QED) is 0.485. The Morgan fingerprint density at radius 2 is 1.87 bits per heavy atom. The van der Waals surface area contributed by atoms with Crippen LogP contribution in [-0.2, 0) is 19.6 Å². The fraction of sp³-hybridized carbons (Fsp3) is 0.632. The zero-order valence-electron chi connectivity index (χ0n) is 17.2. The second-order valence-electron chi connectivity index (χ2n) is 7.94. The van der Waals surface area contributed by atoms with Gasteiger partial charge in [0.05, 0.1) is 23.0 Å². The molecule has 1 amide bonds. The number of piperidine rings is 1. The molecule has 1 aromatic carbocycles. The number of carbonyl (C=O) groups excluding carboxylic acids is 1. The van der Waals surface area contributed by atoms with E-state index in [1.54, 1.807) is 4.90 Å². The number of nitro groups is 1. The highest BCUT2D eigenvalue weighted by Gasteiger charge is 2.30. The Balaban J connectivity index is 1.74. The minimum absolute atomic E-state index is 0.132. The summed E-state index contributed by atoms with van der Waals surface area (Å²) in [6.07, 6.45) is 1.05. The van der Waals surface area contributed by atoms with Gasteiger partial charge in [-0.25, -0.2) is 8.42 Å². The number of hydrogen-bond acceptors (Lipinski definition) is 7. The summed E-state index contributed by atoms with van der Waals surface area (Å²) in [6, 6.07) is 3.48. The fourth-order valence-electron chi connectivity index (χ4n) is 3.96. The Morgan fingerprint density at radius 3 is 2.47 bits per heavy atom. The summed E-state index contributed by atoms with van der Waals surface area (Å²) in [6.45, 7) is 6.01.